The Hall–Kier alpha value is -3.44. The summed E-state index contributed by atoms with van der Waals surface area (Å²) in [5.41, 5.74) is 4.13. The summed E-state index contributed by atoms with van der Waals surface area (Å²) in [6, 6.07) is 14.2. The first-order valence-electron chi connectivity index (χ1n) is 11.2. The lowest BCUT2D eigenvalue weighted by atomic mass is 9.84. The molecule has 2 amide bonds. The van der Waals surface area contributed by atoms with Crippen molar-refractivity contribution in [2.75, 3.05) is 13.2 Å². The van der Waals surface area contributed by atoms with Crippen molar-refractivity contribution in [1.82, 2.24) is 10.6 Å². The summed E-state index contributed by atoms with van der Waals surface area (Å²) in [5, 5.41) is 19.2. The van der Waals surface area contributed by atoms with Crippen molar-refractivity contribution in [3.05, 3.63) is 59.7 Å². The van der Waals surface area contributed by atoms with Crippen molar-refractivity contribution in [2.45, 2.75) is 42.4 Å². The molecule has 2 aromatic carbocycles. The third-order valence-corrected chi connectivity index (χ3v) is 8.54. The van der Waals surface area contributed by atoms with Gasteiger partial charge in [-0.25, -0.2) is 18.4 Å². The SMILES string of the molecule is NS(=O)(=O)C1(CNC(=O)C(CC(=O)O)NC(=O)OCC2c3ccccc3-c3ccccc32)CCC1. The van der Waals surface area contributed by atoms with Gasteiger partial charge in [-0.15, -0.1) is 0 Å². The second-order valence-electron chi connectivity index (χ2n) is 8.92. The van der Waals surface area contributed by atoms with E-state index in [9.17, 15) is 27.9 Å². The number of carboxylic acids is 1. The van der Waals surface area contributed by atoms with Gasteiger partial charge in [0.05, 0.1) is 6.42 Å². The molecule has 0 aliphatic heterocycles. The second-order valence-corrected chi connectivity index (χ2v) is 10.9. The quantitative estimate of drug-likeness (QED) is 0.406. The van der Waals surface area contributed by atoms with Crippen LogP contribution in [0.3, 0.4) is 0 Å². The van der Waals surface area contributed by atoms with Gasteiger partial charge in [0.1, 0.15) is 17.4 Å². The van der Waals surface area contributed by atoms with Gasteiger partial charge in [0, 0.05) is 12.5 Å². The monoisotopic (exact) mass is 501 g/mol. The van der Waals surface area contributed by atoms with Gasteiger partial charge in [0.15, 0.2) is 0 Å². The van der Waals surface area contributed by atoms with E-state index in [-0.39, 0.29) is 19.1 Å². The van der Waals surface area contributed by atoms with Gasteiger partial charge in [0.2, 0.25) is 15.9 Å². The average Bonchev–Trinajstić information content (AvgIpc) is 3.09. The van der Waals surface area contributed by atoms with Gasteiger partial charge in [-0.2, -0.15) is 0 Å². The fraction of sp³-hybridized carbons (Fsp3) is 0.375. The number of benzene rings is 2. The number of carbonyl (C=O) groups excluding carboxylic acids is 2. The van der Waals surface area contributed by atoms with Crippen molar-refractivity contribution in [3.63, 3.8) is 0 Å². The van der Waals surface area contributed by atoms with Crippen LogP contribution >= 0.6 is 0 Å². The molecule has 2 aromatic rings. The van der Waals surface area contributed by atoms with E-state index in [0.29, 0.717) is 19.3 Å². The lowest BCUT2D eigenvalue weighted by Crippen LogP contribution is -2.58. The number of nitrogens with two attached hydrogens (primary N) is 1. The minimum Gasteiger partial charge on any atom is -0.481 e. The molecule has 2 aliphatic rings. The zero-order valence-corrected chi connectivity index (χ0v) is 19.7. The molecule has 0 heterocycles. The molecule has 0 bridgehead atoms. The van der Waals surface area contributed by atoms with Gasteiger partial charge < -0.3 is 20.5 Å². The Kier molecular flexibility index (Phi) is 6.82. The van der Waals surface area contributed by atoms with E-state index in [2.05, 4.69) is 10.6 Å². The number of hydrogen-bond acceptors (Lipinski definition) is 6. The van der Waals surface area contributed by atoms with Crippen molar-refractivity contribution >= 4 is 28.0 Å². The predicted molar refractivity (Wildman–Crippen MR) is 127 cm³/mol. The molecule has 0 saturated heterocycles. The van der Waals surface area contributed by atoms with E-state index in [1.54, 1.807) is 0 Å². The van der Waals surface area contributed by atoms with Crippen molar-refractivity contribution < 1.29 is 32.6 Å². The Morgan fingerprint density at radius 1 is 1.06 bits per heavy atom. The fourth-order valence-corrected chi connectivity index (χ4v) is 5.80. The minimum atomic E-state index is -3.91. The van der Waals surface area contributed by atoms with Crippen LogP contribution in [0.1, 0.15) is 42.7 Å². The standard InChI is InChI=1S/C24H27N3O7S/c25-35(32,33)24(10-5-11-24)14-26-22(30)20(12-21(28)29)27-23(31)34-13-19-17-8-3-1-6-15(17)16-7-2-4-9-18(16)19/h1-4,6-9,19-20H,5,10-14H2,(H,26,30)(H,27,31)(H,28,29)(H2,25,32,33). The highest BCUT2D eigenvalue weighted by atomic mass is 32.2. The van der Waals surface area contributed by atoms with E-state index < -0.39 is 45.2 Å². The molecule has 1 fully saturated rings. The highest BCUT2D eigenvalue weighted by Crippen LogP contribution is 2.44. The van der Waals surface area contributed by atoms with Crippen LogP contribution in [-0.4, -0.2) is 55.4 Å². The summed E-state index contributed by atoms with van der Waals surface area (Å²) in [5.74, 6) is -2.34. The molecule has 4 rings (SSSR count). The summed E-state index contributed by atoms with van der Waals surface area (Å²) < 4.78 is 27.9. The molecule has 11 heteroatoms. The minimum absolute atomic E-state index is 0.00417. The topological polar surface area (TPSA) is 165 Å². The van der Waals surface area contributed by atoms with Gasteiger partial charge >= 0.3 is 12.1 Å². The molecule has 0 spiro atoms. The summed E-state index contributed by atoms with van der Waals surface area (Å²) >= 11 is 0. The van der Waals surface area contributed by atoms with Crippen LogP contribution in [0.4, 0.5) is 4.79 Å². The third kappa shape index (κ3) is 5.01. The number of primary sulfonamides is 1. The Bertz CT molecular complexity index is 1210. The summed E-state index contributed by atoms with van der Waals surface area (Å²) in [4.78, 5) is 36.4. The van der Waals surface area contributed by atoms with Gasteiger partial charge in [-0.1, -0.05) is 55.0 Å². The second kappa shape index (κ2) is 9.67. The average molecular weight is 502 g/mol. The van der Waals surface area contributed by atoms with E-state index in [4.69, 9.17) is 9.88 Å². The van der Waals surface area contributed by atoms with Crippen LogP contribution in [0.5, 0.6) is 0 Å². The first-order chi connectivity index (χ1) is 16.6. The first-order valence-corrected chi connectivity index (χ1v) is 12.8. The summed E-state index contributed by atoms with van der Waals surface area (Å²) in [6.07, 6.45) is -0.384. The largest absolute Gasteiger partial charge is 0.481 e. The van der Waals surface area contributed by atoms with E-state index in [1.165, 1.54) is 0 Å². The molecular weight excluding hydrogens is 474 g/mol. The maximum atomic E-state index is 12.6. The summed E-state index contributed by atoms with van der Waals surface area (Å²) in [7, 11) is -3.91. The molecule has 0 aromatic heterocycles. The number of sulfonamides is 1. The molecule has 35 heavy (non-hydrogen) atoms. The maximum absolute atomic E-state index is 12.6. The van der Waals surface area contributed by atoms with Gasteiger partial charge in [-0.3, -0.25) is 9.59 Å². The number of alkyl carbamates (subject to hydrolysis) is 1. The lowest BCUT2D eigenvalue weighted by Gasteiger charge is -2.39. The molecular formula is C24H27N3O7S. The number of hydrogen-bond donors (Lipinski definition) is 4. The zero-order valence-electron chi connectivity index (χ0n) is 18.9. The number of carboxylic acid groups (broad SMARTS) is 1. The molecule has 2 aliphatic carbocycles. The molecule has 10 nitrogen and oxygen atoms in total. The van der Waals surface area contributed by atoms with Crippen LogP contribution in [0.15, 0.2) is 48.5 Å². The van der Waals surface area contributed by atoms with Crippen LogP contribution in [0.2, 0.25) is 0 Å². The number of ether oxygens (including phenoxy) is 1. The van der Waals surface area contributed by atoms with Crippen molar-refractivity contribution in [1.29, 1.82) is 0 Å². The van der Waals surface area contributed by atoms with Crippen LogP contribution < -0.4 is 15.8 Å². The van der Waals surface area contributed by atoms with E-state index in [1.807, 2.05) is 48.5 Å². The molecule has 1 unspecified atom stereocenters. The molecule has 5 N–H and O–H groups in total. The third-order valence-electron chi connectivity index (χ3n) is 6.78. The number of aliphatic carboxylic acids is 1. The lowest BCUT2D eigenvalue weighted by molar-refractivity contribution is -0.139. The number of nitrogens with one attached hydrogen (secondary N) is 2. The van der Waals surface area contributed by atoms with Crippen molar-refractivity contribution in [3.8, 4) is 11.1 Å². The Morgan fingerprint density at radius 2 is 1.63 bits per heavy atom. The molecule has 1 saturated carbocycles. The first kappa shape index (κ1) is 24.7. The van der Waals surface area contributed by atoms with Crippen LogP contribution in [-0.2, 0) is 24.3 Å². The smallest absolute Gasteiger partial charge is 0.407 e. The normalized spacial score (nSPS) is 16.8. The van der Waals surface area contributed by atoms with Gasteiger partial charge in [-0.05, 0) is 35.1 Å². The Morgan fingerprint density at radius 3 is 2.11 bits per heavy atom. The molecule has 1 atom stereocenters. The van der Waals surface area contributed by atoms with Gasteiger partial charge in [0.25, 0.3) is 0 Å². The van der Waals surface area contributed by atoms with Crippen LogP contribution in [0.25, 0.3) is 11.1 Å². The number of carbonyl (C=O) groups is 3. The zero-order chi connectivity index (χ0) is 25.2. The Labute approximate surface area is 202 Å². The highest BCUT2D eigenvalue weighted by Gasteiger charge is 2.47. The predicted octanol–water partition coefficient (Wildman–Crippen LogP) is 1.70. The van der Waals surface area contributed by atoms with Crippen LogP contribution in [0, 0.1) is 0 Å². The fourth-order valence-electron chi connectivity index (χ4n) is 4.67. The number of amides is 2. The Balaban J connectivity index is 1.39. The summed E-state index contributed by atoms with van der Waals surface area (Å²) in [6.45, 7) is -0.261. The van der Waals surface area contributed by atoms with E-state index in [0.717, 1.165) is 22.3 Å². The number of fused-ring (bicyclic) bond motifs is 3. The maximum Gasteiger partial charge on any atom is 0.407 e. The van der Waals surface area contributed by atoms with Crippen molar-refractivity contribution in [2.24, 2.45) is 5.14 Å². The molecule has 0 radical (unpaired) electrons. The number of rotatable bonds is 9. The van der Waals surface area contributed by atoms with E-state index >= 15 is 0 Å². The molecule has 186 valence electrons. The highest BCUT2D eigenvalue weighted by molar-refractivity contribution is 7.90.